The Balaban J connectivity index is 2.62. The lowest BCUT2D eigenvalue weighted by atomic mass is 9.74. The monoisotopic (exact) mass is 285 g/mol. The number of amides is 2. The Kier molecular flexibility index (Phi) is 5.02. The predicted molar refractivity (Wildman–Crippen MR) is 77.2 cm³/mol. The van der Waals surface area contributed by atoms with E-state index < -0.39 is 11.0 Å². The molecule has 0 unspecified atom stereocenters. The van der Waals surface area contributed by atoms with Gasteiger partial charge in [0.2, 0.25) is 5.91 Å². The third kappa shape index (κ3) is 3.42. The van der Waals surface area contributed by atoms with Gasteiger partial charge in [0.15, 0.2) is 0 Å². The van der Waals surface area contributed by atoms with Gasteiger partial charge in [-0.25, -0.2) is 4.79 Å². The van der Waals surface area contributed by atoms with Gasteiger partial charge in [0, 0.05) is 31.7 Å². The van der Waals surface area contributed by atoms with E-state index in [9.17, 15) is 9.59 Å². The maximum atomic E-state index is 12.6. The van der Waals surface area contributed by atoms with E-state index in [1.54, 1.807) is 16.7 Å². The first kappa shape index (κ1) is 16.8. The van der Waals surface area contributed by atoms with E-state index in [0.29, 0.717) is 32.8 Å². The van der Waals surface area contributed by atoms with Crippen molar-refractivity contribution >= 4 is 12.0 Å². The smallest absolute Gasteiger partial charge is 0.409 e. The van der Waals surface area contributed by atoms with Crippen molar-refractivity contribution < 1.29 is 14.3 Å². The van der Waals surface area contributed by atoms with Gasteiger partial charge in [-0.3, -0.25) is 4.79 Å². The van der Waals surface area contributed by atoms with Gasteiger partial charge in [0.25, 0.3) is 0 Å². The molecule has 2 N–H and O–H groups in total. The summed E-state index contributed by atoms with van der Waals surface area (Å²) in [5, 5.41) is 0. The van der Waals surface area contributed by atoms with E-state index >= 15 is 0 Å². The number of carbonyl (C=O) groups is 2. The largest absolute Gasteiger partial charge is 0.450 e. The number of nitrogens with two attached hydrogens (primary N) is 1. The van der Waals surface area contributed by atoms with Crippen molar-refractivity contribution in [1.82, 2.24) is 9.80 Å². The highest BCUT2D eigenvalue weighted by Gasteiger charge is 2.43. The topological polar surface area (TPSA) is 75.9 Å². The first-order valence-corrected chi connectivity index (χ1v) is 7.11. The summed E-state index contributed by atoms with van der Waals surface area (Å²) in [6.45, 7) is 11.7. The van der Waals surface area contributed by atoms with Crippen LogP contribution in [0.1, 0.15) is 34.6 Å². The van der Waals surface area contributed by atoms with Crippen LogP contribution >= 0.6 is 0 Å². The van der Waals surface area contributed by atoms with Crippen LogP contribution in [0, 0.1) is 5.41 Å². The molecular weight excluding hydrogens is 258 g/mol. The van der Waals surface area contributed by atoms with Crippen molar-refractivity contribution in [3.05, 3.63) is 0 Å². The summed E-state index contributed by atoms with van der Waals surface area (Å²) in [4.78, 5) is 27.6. The van der Waals surface area contributed by atoms with E-state index in [2.05, 4.69) is 0 Å². The second kappa shape index (κ2) is 5.99. The number of piperazine rings is 1. The molecule has 0 atom stereocenters. The molecule has 1 aliphatic heterocycles. The van der Waals surface area contributed by atoms with Crippen LogP contribution < -0.4 is 5.73 Å². The average Bonchev–Trinajstić information content (AvgIpc) is 2.37. The van der Waals surface area contributed by atoms with Crippen LogP contribution in [0.4, 0.5) is 4.79 Å². The first-order chi connectivity index (χ1) is 9.11. The zero-order valence-corrected chi connectivity index (χ0v) is 13.2. The predicted octanol–water partition coefficient (Wildman–Crippen LogP) is 1.05. The molecule has 1 saturated heterocycles. The normalized spacial score (nSPS) is 17.1. The third-order valence-electron chi connectivity index (χ3n) is 4.24. The minimum atomic E-state index is -0.640. The molecule has 1 rings (SSSR count). The SMILES string of the molecule is CCOC(=O)N1CCN(C(=O)C(C)(C)C(C)(C)N)CC1. The molecule has 0 spiro atoms. The summed E-state index contributed by atoms with van der Waals surface area (Å²) in [7, 11) is 0. The quantitative estimate of drug-likeness (QED) is 0.841. The Labute approximate surface area is 121 Å². The minimum Gasteiger partial charge on any atom is -0.450 e. The third-order valence-corrected chi connectivity index (χ3v) is 4.24. The highest BCUT2D eigenvalue weighted by Crippen LogP contribution is 2.31. The van der Waals surface area contributed by atoms with Gasteiger partial charge in [-0.15, -0.1) is 0 Å². The molecule has 0 radical (unpaired) electrons. The molecular formula is C14H27N3O3. The number of rotatable bonds is 3. The Morgan fingerprint density at radius 3 is 1.90 bits per heavy atom. The molecule has 0 bridgehead atoms. The maximum Gasteiger partial charge on any atom is 0.409 e. The van der Waals surface area contributed by atoms with Crippen LogP contribution in [0.15, 0.2) is 0 Å². The zero-order valence-electron chi connectivity index (χ0n) is 13.2. The Morgan fingerprint density at radius 1 is 1.05 bits per heavy atom. The summed E-state index contributed by atoms with van der Waals surface area (Å²) in [6, 6.07) is 0. The van der Waals surface area contributed by atoms with Crippen LogP contribution in [0.2, 0.25) is 0 Å². The second-order valence-corrected chi connectivity index (χ2v) is 6.32. The molecule has 1 heterocycles. The van der Waals surface area contributed by atoms with Crippen molar-refractivity contribution in [2.24, 2.45) is 11.1 Å². The fourth-order valence-corrected chi connectivity index (χ4v) is 1.98. The maximum absolute atomic E-state index is 12.6. The van der Waals surface area contributed by atoms with Crippen LogP contribution in [0.25, 0.3) is 0 Å². The van der Waals surface area contributed by atoms with Crippen molar-refractivity contribution in [2.45, 2.75) is 40.2 Å². The Bertz CT molecular complexity index is 366. The molecule has 116 valence electrons. The summed E-state index contributed by atoms with van der Waals surface area (Å²) in [5.41, 5.74) is 4.87. The molecule has 1 aliphatic rings. The molecule has 0 aromatic heterocycles. The molecule has 20 heavy (non-hydrogen) atoms. The fourth-order valence-electron chi connectivity index (χ4n) is 1.98. The molecule has 0 aromatic carbocycles. The molecule has 6 heteroatoms. The molecule has 1 fully saturated rings. The Hall–Kier alpha value is -1.30. The summed E-state index contributed by atoms with van der Waals surface area (Å²) in [5.74, 6) is 0.0357. The zero-order chi connectivity index (χ0) is 15.6. The van der Waals surface area contributed by atoms with Crippen molar-refractivity contribution in [3.63, 3.8) is 0 Å². The van der Waals surface area contributed by atoms with E-state index in [4.69, 9.17) is 10.5 Å². The van der Waals surface area contributed by atoms with Crippen molar-refractivity contribution in [2.75, 3.05) is 32.8 Å². The summed E-state index contributed by atoms with van der Waals surface area (Å²) < 4.78 is 4.96. The number of hydrogen-bond acceptors (Lipinski definition) is 4. The van der Waals surface area contributed by atoms with E-state index in [0.717, 1.165) is 0 Å². The number of nitrogens with zero attached hydrogens (tertiary/aromatic N) is 2. The molecule has 2 amide bonds. The van der Waals surface area contributed by atoms with Gasteiger partial charge in [-0.2, -0.15) is 0 Å². The van der Waals surface area contributed by atoms with Gasteiger partial charge in [-0.1, -0.05) is 0 Å². The van der Waals surface area contributed by atoms with Crippen LogP contribution in [0.3, 0.4) is 0 Å². The molecule has 0 aromatic rings. The van der Waals surface area contributed by atoms with Gasteiger partial charge >= 0.3 is 6.09 Å². The number of carbonyl (C=O) groups excluding carboxylic acids is 2. The molecule has 0 aliphatic carbocycles. The van der Waals surface area contributed by atoms with Gasteiger partial charge < -0.3 is 20.3 Å². The van der Waals surface area contributed by atoms with Crippen molar-refractivity contribution in [1.29, 1.82) is 0 Å². The van der Waals surface area contributed by atoms with Gasteiger partial charge in [0.05, 0.1) is 12.0 Å². The lowest BCUT2D eigenvalue weighted by Crippen LogP contribution is -2.60. The second-order valence-electron chi connectivity index (χ2n) is 6.32. The van der Waals surface area contributed by atoms with Gasteiger partial charge in [0.1, 0.15) is 0 Å². The highest BCUT2D eigenvalue weighted by atomic mass is 16.6. The van der Waals surface area contributed by atoms with Crippen LogP contribution in [0.5, 0.6) is 0 Å². The number of ether oxygens (including phenoxy) is 1. The fraction of sp³-hybridized carbons (Fsp3) is 0.857. The lowest BCUT2D eigenvalue weighted by Gasteiger charge is -2.43. The number of hydrogen-bond donors (Lipinski definition) is 1. The van der Waals surface area contributed by atoms with Crippen molar-refractivity contribution in [3.8, 4) is 0 Å². The van der Waals surface area contributed by atoms with E-state index in [-0.39, 0.29) is 12.0 Å². The highest BCUT2D eigenvalue weighted by molar-refractivity contribution is 5.83. The molecule has 6 nitrogen and oxygen atoms in total. The van der Waals surface area contributed by atoms with E-state index in [1.165, 1.54) is 0 Å². The first-order valence-electron chi connectivity index (χ1n) is 7.11. The average molecular weight is 285 g/mol. The summed E-state index contributed by atoms with van der Waals surface area (Å²) in [6.07, 6.45) is -0.307. The van der Waals surface area contributed by atoms with Crippen LogP contribution in [-0.4, -0.2) is 60.1 Å². The molecule has 0 saturated carbocycles. The van der Waals surface area contributed by atoms with Gasteiger partial charge in [-0.05, 0) is 34.6 Å². The lowest BCUT2D eigenvalue weighted by molar-refractivity contribution is -0.145. The summed E-state index contributed by atoms with van der Waals surface area (Å²) >= 11 is 0. The van der Waals surface area contributed by atoms with Crippen LogP contribution in [-0.2, 0) is 9.53 Å². The van der Waals surface area contributed by atoms with E-state index in [1.807, 2.05) is 27.7 Å². The minimum absolute atomic E-state index is 0.0357. The Morgan fingerprint density at radius 2 is 1.50 bits per heavy atom. The standard InChI is InChI=1S/C14H27N3O3/c1-6-20-12(19)17-9-7-16(8-10-17)11(18)13(2,3)14(4,5)15/h6-10,15H2,1-5H3.